The summed E-state index contributed by atoms with van der Waals surface area (Å²) in [6, 6.07) is 5.65. The molecule has 1 atom stereocenters. The van der Waals surface area contributed by atoms with Crippen LogP contribution in [0.1, 0.15) is 29.6 Å². The van der Waals surface area contributed by atoms with Crippen LogP contribution in [0.2, 0.25) is 0 Å². The number of pyridine rings is 1. The molecule has 3 aromatic heterocycles. The Kier molecular flexibility index (Phi) is 4.24. The third-order valence-electron chi connectivity index (χ3n) is 4.66. The highest BCUT2D eigenvalue weighted by Crippen LogP contribution is 2.27. The number of carbonyl (C=O) groups excluding carboxylic acids is 1. The molecule has 0 aliphatic carbocycles. The number of carbonyl (C=O) groups is 1. The van der Waals surface area contributed by atoms with Gasteiger partial charge < -0.3 is 9.42 Å². The highest BCUT2D eigenvalue weighted by molar-refractivity contribution is 5.76. The Balaban J connectivity index is 1.41. The maximum atomic E-state index is 12.6. The van der Waals surface area contributed by atoms with Crippen LogP contribution in [0.5, 0.6) is 0 Å². The first-order chi connectivity index (χ1) is 12.6. The summed E-state index contributed by atoms with van der Waals surface area (Å²) in [6.07, 6.45) is 4.21. The number of aromatic nitrogens is 5. The first-order valence-corrected chi connectivity index (χ1v) is 8.63. The van der Waals surface area contributed by atoms with Gasteiger partial charge in [0, 0.05) is 36.7 Å². The van der Waals surface area contributed by atoms with Gasteiger partial charge in [0.2, 0.25) is 17.6 Å². The molecule has 3 aromatic rings. The third-order valence-corrected chi connectivity index (χ3v) is 4.66. The molecule has 0 N–H and O–H groups in total. The monoisotopic (exact) mass is 352 g/mol. The fraction of sp³-hybridized carbons (Fsp3) is 0.389. The van der Waals surface area contributed by atoms with E-state index in [1.54, 1.807) is 17.1 Å². The van der Waals surface area contributed by atoms with Crippen molar-refractivity contribution in [2.75, 3.05) is 13.1 Å². The Morgan fingerprint density at radius 3 is 2.85 bits per heavy atom. The Labute approximate surface area is 150 Å². The lowest BCUT2D eigenvalue weighted by Crippen LogP contribution is -2.32. The minimum Gasteiger partial charge on any atom is -0.340 e. The van der Waals surface area contributed by atoms with Crippen LogP contribution in [0, 0.1) is 13.8 Å². The second kappa shape index (κ2) is 6.70. The van der Waals surface area contributed by atoms with E-state index in [0.29, 0.717) is 24.8 Å². The molecule has 1 fully saturated rings. The number of aryl methyl sites for hydroxylation is 2. The number of hydrogen-bond donors (Lipinski definition) is 0. The van der Waals surface area contributed by atoms with Crippen molar-refractivity contribution in [3.63, 3.8) is 0 Å². The third kappa shape index (κ3) is 3.22. The second-order valence-corrected chi connectivity index (χ2v) is 6.60. The van der Waals surface area contributed by atoms with E-state index in [0.717, 1.165) is 23.4 Å². The SMILES string of the molecule is Cc1cc(C)n(CC(=O)N2CCC(c3nc(-c4ccncc4)no3)C2)n1. The molecule has 0 spiro atoms. The van der Waals surface area contributed by atoms with Crippen LogP contribution in [0.15, 0.2) is 35.1 Å². The lowest BCUT2D eigenvalue weighted by Gasteiger charge is -2.16. The molecule has 134 valence electrons. The molecule has 4 rings (SSSR count). The first-order valence-electron chi connectivity index (χ1n) is 8.63. The Bertz CT molecular complexity index is 917. The van der Waals surface area contributed by atoms with E-state index >= 15 is 0 Å². The molecule has 4 heterocycles. The summed E-state index contributed by atoms with van der Waals surface area (Å²) in [6.45, 7) is 5.43. The van der Waals surface area contributed by atoms with Gasteiger partial charge >= 0.3 is 0 Å². The van der Waals surface area contributed by atoms with Gasteiger partial charge in [-0.3, -0.25) is 14.5 Å². The quantitative estimate of drug-likeness (QED) is 0.713. The zero-order chi connectivity index (χ0) is 18.1. The number of hydrogen-bond acceptors (Lipinski definition) is 6. The maximum absolute atomic E-state index is 12.6. The van der Waals surface area contributed by atoms with E-state index in [9.17, 15) is 4.79 Å². The van der Waals surface area contributed by atoms with E-state index in [2.05, 4.69) is 20.2 Å². The second-order valence-electron chi connectivity index (χ2n) is 6.60. The number of rotatable bonds is 4. The first kappa shape index (κ1) is 16.4. The van der Waals surface area contributed by atoms with Crippen LogP contribution in [-0.2, 0) is 11.3 Å². The number of amides is 1. The van der Waals surface area contributed by atoms with Gasteiger partial charge in [-0.2, -0.15) is 10.1 Å². The molecule has 1 amide bonds. The number of nitrogens with zero attached hydrogens (tertiary/aromatic N) is 6. The van der Waals surface area contributed by atoms with Crippen molar-refractivity contribution in [3.8, 4) is 11.4 Å². The minimum absolute atomic E-state index is 0.0626. The largest absolute Gasteiger partial charge is 0.340 e. The van der Waals surface area contributed by atoms with E-state index in [1.807, 2.05) is 36.9 Å². The molecule has 1 unspecified atom stereocenters. The standard InChI is InChI=1S/C18H20N6O2/c1-12-9-13(2)24(21-12)11-16(25)23-8-5-15(10-23)18-20-17(22-26-18)14-3-6-19-7-4-14/h3-4,6-7,9,15H,5,8,10-11H2,1-2H3. The average Bonchev–Trinajstić information content (AvgIpc) is 3.36. The van der Waals surface area contributed by atoms with Gasteiger partial charge in [0.15, 0.2) is 0 Å². The van der Waals surface area contributed by atoms with E-state index < -0.39 is 0 Å². The topological polar surface area (TPSA) is 89.9 Å². The molecule has 1 saturated heterocycles. The van der Waals surface area contributed by atoms with Crippen molar-refractivity contribution in [2.45, 2.75) is 32.7 Å². The van der Waals surface area contributed by atoms with Crippen molar-refractivity contribution in [1.29, 1.82) is 0 Å². The highest BCUT2D eigenvalue weighted by atomic mass is 16.5. The van der Waals surface area contributed by atoms with Gasteiger partial charge in [-0.15, -0.1) is 0 Å². The van der Waals surface area contributed by atoms with E-state index in [4.69, 9.17) is 4.52 Å². The summed E-state index contributed by atoms with van der Waals surface area (Å²) >= 11 is 0. The van der Waals surface area contributed by atoms with Gasteiger partial charge in [-0.25, -0.2) is 0 Å². The fourth-order valence-electron chi connectivity index (χ4n) is 3.27. The zero-order valence-corrected chi connectivity index (χ0v) is 14.8. The van der Waals surface area contributed by atoms with Gasteiger partial charge in [0.05, 0.1) is 11.6 Å². The van der Waals surface area contributed by atoms with Crippen LogP contribution in [-0.4, -0.2) is 48.8 Å². The Hall–Kier alpha value is -3.03. The normalized spacial score (nSPS) is 17.0. The molecule has 0 aromatic carbocycles. The van der Waals surface area contributed by atoms with Gasteiger partial charge in [-0.05, 0) is 38.5 Å². The Morgan fingerprint density at radius 2 is 2.12 bits per heavy atom. The summed E-state index contributed by atoms with van der Waals surface area (Å²) in [5.41, 5.74) is 2.78. The summed E-state index contributed by atoms with van der Waals surface area (Å²) in [5, 5.41) is 8.41. The van der Waals surface area contributed by atoms with E-state index in [-0.39, 0.29) is 18.4 Å². The highest BCUT2D eigenvalue weighted by Gasteiger charge is 2.31. The van der Waals surface area contributed by atoms with Crippen LogP contribution in [0.4, 0.5) is 0 Å². The molecule has 26 heavy (non-hydrogen) atoms. The molecular weight excluding hydrogens is 332 g/mol. The average molecular weight is 352 g/mol. The summed E-state index contributed by atoms with van der Waals surface area (Å²) < 4.78 is 7.18. The summed E-state index contributed by atoms with van der Waals surface area (Å²) in [5.74, 6) is 1.27. The van der Waals surface area contributed by atoms with Crippen LogP contribution < -0.4 is 0 Å². The minimum atomic E-state index is 0.0626. The van der Waals surface area contributed by atoms with E-state index in [1.165, 1.54) is 0 Å². The van der Waals surface area contributed by atoms with Crippen molar-refractivity contribution in [1.82, 2.24) is 29.8 Å². The van der Waals surface area contributed by atoms with Crippen molar-refractivity contribution in [2.24, 2.45) is 0 Å². The van der Waals surface area contributed by atoms with Crippen LogP contribution >= 0.6 is 0 Å². The predicted molar refractivity (Wildman–Crippen MR) is 93.2 cm³/mol. The predicted octanol–water partition coefficient (Wildman–Crippen LogP) is 1.96. The summed E-state index contributed by atoms with van der Waals surface area (Å²) in [7, 11) is 0. The maximum Gasteiger partial charge on any atom is 0.244 e. The molecule has 8 nitrogen and oxygen atoms in total. The Morgan fingerprint density at radius 1 is 1.31 bits per heavy atom. The smallest absolute Gasteiger partial charge is 0.244 e. The van der Waals surface area contributed by atoms with Crippen molar-refractivity contribution >= 4 is 5.91 Å². The van der Waals surface area contributed by atoms with Crippen molar-refractivity contribution in [3.05, 3.63) is 47.9 Å². The zero-order valence-electron chi connectivity index (χ0n) is 14.8. The van der Waals surface area contributed by atoms with Crippen LogP contribution in [0.25, 0.3) is 11.4 Å². The molecule has 8 heteroatoms. The van der Waals surface area contributed by atoms with Crippen molar-refractivity contribution < 1.29 is 9.32 Å². The lowest BCUT2D eigenvalue weighted by atomic mass is 10.1. The molecule has 0 saturated carbocycles. The molecule has 1 aliphatic heterocycles. The molecular formula is C18H20N6O2. The van der Waals surface area contributed by atoms with Gasteiger partial charge in [0.25, 0.3) is 0 Å². The molecule has 0 radical (unpaired) electrons. The lowest BCUT2D eigenvalue weighted by molar-refractivity contribution is -0.131. The molecule has 1 aliphatic rings. The van der Waals surface area contributed by atoms with Crippen LogP contribution in [0.3, 0.4) is 0 Å². The van der Waals surface area contributed by atoms with Gasteiger partial charge in [0.1, 0.15) is 6.54 Å². The van der Waals surface area contributed by atoms with Gasteiger partial charge in [-0.1, -0.05) is 5.16 Å². The molecule has 0 bridgehead atoms. The number of likely N-dealkylation sites (tertiary alicyclic amines) is 1. The summed E-state index contributed by atoms with van der Waals surface area (Å²) in [4.78, 5) is 22.9. The fourth-order valence-corrected chi connectivity index (χ4v) is 3.27.